The van der Waals surface area contributed by atoms with Crippen molar-refractivity contribution in [2.45, 2.75) is 13.5 Å². The average Bonchev–Trinajstić information content (AvgIpc) is 2.75. The Morgan fingerprint density at radius 1 is 1.13 bits per heavy atom. The molecule has 0 saturated carbocycles. The van der Waals surface area contributed by atoms with Gasteiger partial charge in [0.15, 0.2) is 11.5 Å². The Labute approximate surface area is 179 Å². The molecule has 0 radical (unpaired) electrons. The summed E-state index contributed by atoms with van der Waals surface area (Å²) in [5.41, 5.74) is 2.09. The normalized spacial score (nSPS) is 15.4. The van der Waals surface area contributed by atoms with E-state index in [1.54, 1.807) is 37.3 Å². The number of likely N-dealkylation sites (N-methyl/N-ethyl adjacent to an activating group) is 1. The van der Waals surface area contributed by atoms with Crippen molar-refractivity contribution in [3.8, 4) is 17.6 Å². The van der Waals surface area contributed by atoms with Crippen molar-refractivity contribution in [1.82, 2.24) is 4.90 Å². The molecule has 0 aromatic heterocycles. The van der Waals surface area contributed by atoms with Crippen LogP contribution in [0.4, 0.5) is 0 Å². The van der Waals surface area contributed by atoms with E-state index in [4.69, 9.17) is 21.1 Å². The van der Waals surface area contributed by atoms with Gasteiger partial charge in [-0.1, -0.05) is 35.9 Å². The van der Waals surface area contributed by atoms with E-state index in [0.717, 1.165) is 10.5 Å². The number of hydrogen-bond donors (Lipinski definition) is 0. The van der Waals surface area contributed by atoms with Crippen LogP contribution in [0.1, 0.15) is 18.1 Å². The summed E-state index contributed by atoms with van der Waals surface area (Å²) in [5.74, 6) is -0.0642. The number of rotatable bonds is 5. The first-order valence-electron chi connectivity index (χ1n) is 9.07. The van der Waals surface area contributed by atoms with Gasteiger partial charge in [-0.3, -0.25) is 14.5 Å². The molecule has 152 valence electrons. The highest BCUT2D eigenvalue weighted by atomic mass is 35.5. The SMILES string of the molecule is COc1cc(/C=C2/C(=O)N(C)C(=O)C(C#N)=C2C)ccc1OCc1ccccc1Cl. The third-order valence-electron chi connectivity index (χ3n) is 4.78. The van der Waals surface area contributed by atoms with E-state index >= 15 is 0 Å². The highest BCUT2D eigenvalue weighted by molar-refractivity contribution is 6.31. The van der Waals surface area contributed by atoms with Crippen LogP contribution in [0, 0.1) is 11.3 Å². The molecule has 2 amide bonds. The molecule has 0 atom stereocenters. The molecule has 1 heterocycles. The van der Waals surface area contributed by atoms with Crippen LogP contribution in [0.25, 0.3) is 6.08 Å². The number of carbonyl (C=O) groups excluding carboxylic acids is 2. The Morgan fingerprint density at radius 2 is 1.87 bits per heavy atom. The molecular weight excluding hydrogens is 404 g/mol. The van der Waals surface area contributed by atoms with Crippen molar-refractivity contribution in [3.63, 3.8) is 0 Å². The van der Waals surface area contributed by atoms with Gasteiger partial charge in [-0.15, -0.1) is 0 Å². The van der Waals surface area contributed by atoms with E-state index in [2.05, 4.69) is 0 Å². The van der Waals surface area contributed by atoms with Crippen molar-refractivity contribution in [2.75, 3.05) is 14.2 Å². The molecule has 1 aliphatic rings. The fraction of sp³-hybridized carbons (Fsp3) is 0.174. The lowest BCUT2D eigenvalue weighted by Gasteiger charge is -2.23. The summed E-state index contributed by atoms with van der Waals surface area (Å²) in [6.07, 6.45) is 1.62. The third-order valence-corrected chi connectivity index (χ3v) is 5.15. The number of amides is 2. The second-order valence-corrected chi connectivity index (χ2v) is 7.04. The standard InChI is InChI=1S/C23H19ClN2O4/c1-14-17(22(27)26(2)23(28)18(14)12-25)10-15-8-9-20(21(11-15)29-3)30-13-16-6-4-5-7-19(16)24/h4-11H,13H2,1-3H3/b17-10+. The van der Waals surface area contributed by atoms with E-state index < -0.39 is 11.8 Å². The highest BCUT2D eigenvalue weighted by Crippen LogP contribution is 2.32. The number of halogens is 1. The number of hydrogen-bond acceptors (Lipinski definition) is 5. The van der Waals surface area contributed by atoms with Gasteiger partial charge in [-0.2, -0.15) is 5.26 Å². The van der Waals surface area contributed by atoms with Crippen LogP contribution in [0.2, 0.25) is 5.02 Å². The number of methoxy groups -OCH3 is 1. The Hall–Kier alpha value is -3.56. The zero-order valence-corrected chi connectivity index (χ0v) is 17.5. The fourth-order valence-corrected chi connectivity index (χ4v) is 3.22. The summed E-state index contributed by atoms with van der Waals surface area (Å²) in [6.45, 7) is 1.86. The molecule has 0 saturated heterocycles. The van der Waals surface area contributed by atoms with E-state index in [0.29, 0.717) is 27.7 Å². The zero-order valence-electron chi connectivity index (χ0n) is 16.7. The van der Waals surface area contributed by atoms with Crippen molar-refractivity contribution < 1.29 is 19.1 Å². The van der Waals surface area contributed by atoms with Crippen LogP contribution in [0.5, 0.6) is 11.5 Å². The van der Waals surface area contributed by atoms with E-state index in [1.165, 1.54) is 14.2 Å². The smallest absolute Gasteiger partial charge is 0.271 e. The van der Waals surface area contributed by atoms with Gasteiger partial charge < -0.3 is 9.47 Å². The largest absolute Gasteiger partial charge is 0.493 e. The second kappa shape index (κ2) is 8.85. The lowest BCUT2D eigenvalue weighted by atomic mass is 9.94. The zero-order chi connectivity index (χ0) is 21.8. The molecule has 0 fully saturated rings. The van der Waals surface area contributed by atoms with Crippen molar-refractivity contribution in [3.05, 3.63) is 75.3 Å². The maximum absolute atomic E-state index is 12.5. The first-order chi connectivity index (χ1) is 14.4. The van der Waals surface area contributed by atoms with Crippen molar-refractivity contribution >= 4 is 29.5 Å². The second-order valence-electron chi connectivity index (χ2n) is 6.63. The molecule has 7 heteroatoms. The molecule has 0 spiro atoms. The molecule has 0 bridgehead atoms. The number of nitrogens with zero attached hydrogens (tertiary/aromatic N) is 2. The maximum Gasteiger partial charge on any atom is 0.271 e. The van der Waals surface area contributed by atoms with Gasteiger partial charge in [0.05, 0.1) is 7.11 Å². The minimum atomic E-state index is -0.599. The Balaban J connectivity index is 1.92. The predicted octanol–water partition coefficient (Wildman–Crippen LogP) is 4.15. The summed E-state index contributed by atoms with van der Waals surface area (Å²) in [5, 5.41) is 9.88. The van der Waals surface area contributed by atoms with E-state index in [1.807, 2.05) is 24.3 Å². The monoisotopic (exact) mass is 422 g/mol. The Bertz CT molecular complexity index is 1130. The van der Waals surface area contributed by atoms with Crippen LogP contribution in [0.3, 0.4) is 0 Å². The number of imide groups is 1. The van der Waals surface area contributed by atoms with Gasteiger partial charge >= 0.3 is 0 Å². The van der Waals surface area contributed by atoms with Crippen molar-refractivity contribution in [1.29, 1.82) is 5.26 Å². The van der Waals surface area contributed by atoms with Gasteiger partial charge in [0.2, 0.25) is 0 Å². The number of nitriles is 1. The Morgan fingerprint density at radius 3 is 2.53 bits per heavy atom. The van der Waals surface area contributed by atoms with Crippen LogP contribution >= 0.6 is 11.6 Å². The third kappa shape index (κ3) is 4.07. The summed E-state index contributed by atoms with van der Waals surface area (Å²) >= 11 is 6.16. The van der Waals surface area contributed by atoms with Crippen LogP contribution in [-0.4, -0.2) is 30.9 Å². The lowest BCUT2D eigenvalue weighted by molar-refractivity contribution is -0.138. The average molecular weight is 423 g/mol. The number of benzene rings is 2. The molecule has 0 aliphatic carbocycles. The fourth-order valence-electron chi connectivity index (χ4n) is 3.03. The molecule has 1 aliphatic heterocycles. The van der Waals surface area contributed by atoms with E-state index in [-0.39, 0.29) is 17.8 Å². The van der Waals surface area contributed by atoms with E-state index in [9.17, 15) is 14.9 Å². The van der Waals surface area contributed by atoms with Gasteiger partial charge in [0.1, 0.15) is 18.2 Å². The van der Waals surface area contributed by atoms with Gasteiger partial charge in [0.25, 0.3) is 11.8 Å². The quantitative estimate of drug-likeness (QED) is 0.534. The molecule has 2 aromatic rings. The molecule has 0 unspecified atom stereocenters. The summed E-state index contributed by atoms with van der Waals surface area (Å²) in [4.78, 5) is 25.6. The molecule has 6 nitrogen and oxygen atoms in total. The molecule has 0 N–H and O–H groups in total. The van der Waals surface area contributed by atoms with Crippen molar-refractivity contribution in [2.24, 2.45) is 0 Å². The molecular formula is C23H19ClN2O4. The number of carbonyl (C=O) groups is 2. The first kappa shape index (κ1) is 21.2. The maximum atomic E-state index is 12.5. The van der Waals surface area contributed by atoms with Gasteiger partial charge in [-0.25, -0.2) is 0 Å². The van der Waals surface area contributed by atoms with Crippen LogP contribution < -0.4 is 9.47 Å². The van der Waals surface area contributed by atoms with Crippen LogP contribution in [-0.2, 0) is 16.2 Å². The predicted molar refractivity (Wildman–Crippen MR) is 113 cm³/mol. The minimum absolute atomic E-state index is 0.0463. The molecule has 30 heavy (non-hydrogen) atoms. The van der Waals surface area contributed by atoms with Gasteiger partial charge in [-0.05, 0) is 42.3 Å². The van der Waals surface area contributed by atoms with Gasteiger partial charge in [0, 0.05) is 23.2 Å². The summed E-state index contributed by atoms with van der Waals surface area (Å²) < 4.78 is 11.3. The lowest BCUT2D eigenvalue weighted by Crippen LogP contribution is -2.39. The molecule has 2 aromatic carbocycles. The number of ether oxygens (including phenoxy) is 2. The summed E-state index contributed by atoms with van der Waals surface area (Å²) in [7, 11) is 2.88. The first-order valence-corrected chi connectivity index (χ1v) is 9.44. The Kier molecular flexibility index (Phi) is 6.24. The highest BCUT2D eigenvalue weighted by Gasteiger charge is 2.32. The molecule has 3 rings (SSSR count). The topological polar surface area (TPSA) is 79.6 Å². The van der Waals surface area contributed by atoms with Crippen LogP contribution in [0.15, 0.2) is 59.2 Å². The minimum Gasteiger partial charge on any atom is -0.493 e. The summed E-state index contributed by atoms with van der Waals surface area (Å²) in [6, 6.07) is 14.5.